The topological polar surface area (TPSA) is 64.7 Å². The first-order valence-electron chi connectivity index (χ1n) is 10.3. The van der Waals surface area contributed by atoms with Gasteiger partial charge in [0.2, 0.25) is 11.8 Å². The lowest BCUT2D eigenvalue weighted by atomic mass is 9.65. The fourth-order valence-electron chi connectivity index (χ4n) is 5.69. The Labute approximate surface area is 164 Å². The van der Waals surface area contributed by atoms with Crippen LogP contribution in [0.3, 0.4) is 0 Å². The van der Waals surface area contributed by atoms with E-state index in [1.54, 1.807) is 0 Å². The van der Waals surface area contributed by atoms with Crippen LogP contribution in [0, 0.1) is 17.8 Å². The lowest BCUT2D eigenvalue weighted by Gasteiger charge is -2.46. The molecule has 7 heteroatoms. The Morgan fingerprint density at radius 1 is 1.04 bits per heavy atom. The Hall–Kier alpha value is -0.660. The van der Waals surface area contributed by atoms with Gasteiger partial charge >= 0.3 is 0 Å². The highest BCUT2D eigenvalue weighted by molar-refractivity contribution is 9.10. The van der Waals surface area contributed by atoms with Crippen molar-refractivity contribution in [2.45, 2.75) is 55.8 Å². The minimum Gasteiger partial charge on any atom is -0.340 e. The van der Waals surface area contributed by atoms with Crippen LogP contribution >= 0.6 is 15.9 Å². The van der Waals surface area contributed by atoms with Gasteiger partial charge in [-0.15, -0.1) is 0 Å². The Balaban J connectivity index is 1.34. The van der Waals surface area contributed by atoms with Crippen molar-refractivity contribution in [2.75, 3.05) is 32.7 Å². The first-order valence-corrected chi connectivity index (χ1v) is 11.2. The lowest BCUT2D eigenvalue weighted by Crippen LogP contribution is -2.65. The molecule has 4 aliphatic rings. The molecule has 146 valence electrons. The van der Waals surface area contributed by atoms with Gasteiger partial charge in [-0.3, -0.25) is 19.9 Å². The number of hydrogen-bond acceptors (Lipinski definition) is 4. The monoisotopic (exact) mass is 426 g/mol. The molecule has 0 bridgehead atoms. The predicted molar refractivity (Wildman–Crippen MR) is 104 cm³/mol. The van der Waals surface area contributed by atoms with E-state index < -0.39 is 0 Å². The third-order valence-corrected chi connectivity index (χ3v) is 8.13. The van der Waals surface area contributed by atoms with Gasteiger partial charge in [0.05, 0.1) is 6.54 Å². The van der Waals surface area contributed by atoms with Crippen LogP contribution < -0.4 is 10.9 Å². The van der Waals surface area contributed by atoms with Gasteiger partial charge in [-0.05, 0) is 30.6 Å². The molecule has 5 atom stereocenters. The van der Waals surface area contributed by atoms with Crippen LogP contribution in [0.2, 0.25) is 0 Å². The van der Waals surface area contributed by atoms with Crippen molar-refractivity contribution in [1.82, 2.24) is 20.7 Å². The molecule has 2 N–H and O–H groups in total. The Morgan fingerprint density at radius 2 is 1.85 bits per heavy atom. The van der Waals surface area contributed by atoms with Crippen molar-refractivity contribution >= 4 is 27.7 Å². The number of nitrogens with zero attached hydrogens (tertiary/aromatic N) is 2. The summed E-state index contributed by atoms with van der Waals surface area (Å²) in [5.74, 6) is 2.65. The zero-order chi connectivity index (χ0) is 18.1. The van der Waals surface area contributed by atoms with Crippen LogP contribution in [0.4, 0.5) is 0 Å². The van der Waals surface area contributed by atoms with E-state index in [4.69, 9.17) is 0 Å². The Kier molecular flexibility index (Phi) is 5.86. The number of hydrazine groups is 1. The number of rotatable bonds is 3. The molecule has 2 amide bonds. The fourth-order valence-corrected chi connectivity index (χ4v) is 6.32. The summed E-state index contributed by atoms with van der Waals surface area (Å²) < 4.78 is 0. The van der Waals surface area contributed by atoms with Crippen molar-refractivity contribution < 1.29 is 9.59 Å². The first kappa shape index (κ1) is 18.7. The summed E-state index contributed by atoms with van der Waals surface area (Å²) in [6.07, 6.45) is 9.61. The highest BCUT2D eigenvalue weighted by Gasteiger charge is 2.40. The molecule has 6 nitrogen and oxygen atoms in total. The lowest BCUT2D eigenvalue weighted by molar-refractivity contribution is -0.140. The standard InChI is InChI=1S/C19H31BrN4O2/c20-18-16(10-21-22-19(18)26)23-8-9-24(17(25)12-23)11-14-6-3-5-13-4-1-2-7-15(13)14/h13-16,18,21H,1-12H2,(H,22,26). The van der Waals surface area contributed by atoms with E-state index in [2.05, 4.69) is 36.6 Å². The van der Waals surface area contributed by atoms with E-state index in [0.29, 0.717) is 19.0 Å². The van der Waals surface area contributed by atoms with E-state index in [-0.39, 0.29) is 22.7 Å². The molecule has 2 saturated carbocycles. The van der Waals surface area contributed by atoms with E-state index >= 15 is 0 Å². The summed E-state index contributed by atoms with van der Waals surface area (Å²) in [6.45, 7) is 3.71. The molecular weight excluding hydrogens is 396 g/mol. The number of fused-ring (bicyclic) bond motifs is 1. The molecule has 0 aromatic rings. The van der Waals surface area contributed by atoms with Crippen LogP contribution in [-0.4, -0.2) is 65.2 Å². The van der Waals surface area contributed by atoms with Crippen LogP contribution in [0.25, 0.3) is 0 Å². The van der Waals surface area contributed by atoms with Crippen LogP contribution in [0.1, 0.15) is 44.9 Å². The molecule has 26 heavy (non-hydrogen) atoms. The number of nitrogens with one attached hydrogen (secondary N) is 2. The maximum Gasteiger partial charge on any atom is 0.249 e. The molecule has 2 aliphatic heterocycles. The second kappa shape index (κ2) is 8.15. The second-order valence-corrected chi connectivity index (χ2v) is 9.54. The van der Waals surface area contributed by atoms with Gasteiger partial charge in [-0.1, -0.05) is 48.0 Å². The highest BCUT2D eigenvalue weighted by atomic mass is 79.9. The molecule has 0 radical (unpaired) electrons. The largest absolute Gasteiger partial charge is 0.340 e. The number of alkyl halides is 1. The van der Waals surface area contributed by atoms with Gasteiger partial charge in [0, 0.05) is 32.2 Å². The van der Waals surface area contributed by atoms with Gasteiger partial charge in [-0.25, -0.2) is 5.43 Å². The number of amides is 2. The number of piperazine rings is 1. The summed E-state index contributed by atoms with van der Waals surface area (Å²) >= 11 is 3.49. The van der Waals surface area contributed by atoms with Gasteiger partial charge in [0.25, 0.3) is 0 Å². The van der Waals surface area contributed by atoms with E-state index in [1.165, 1.54) is 44.9 Å². The van der Waals surface area contributed by atoms with E-state index in [9.17, 15) is 9.59 Å². The Morgan fingerprint density at radius 3 is 2.69 bits per heavy atom. The van der Waals surface area contributed by atoms with Crippen molar-refractivity contribution in [1.29, 1.82) is 0 Å². The summed E-state index contributed by atoms with van der Waals surface area (Å²) in [6, 6.07) is 0.0345. The first-order chi connectivity index (χ1) is 12.6. The molecule has 2 saturated heterocycles. The molecule has 0 aromatic heterocycles. The average Bonchev–Trinajstić information content (AvgIpc) is 2.66. The third-order valence-electron chi connectivity index (χ3n) is 7.11. The number of carbonyl (C=O) groups is 2. The van der Waals surface area contributed by atoms with Crippen molar-refractivity contribution in [3.05, 3.63) is 0 Å². The van der Waals surface area contributed by atoms with Gasteiger partial charge < -0.3 is 4.90 Å². The molecule has 4 fully saturated rings. The average molecular weight is 427 g/mol. The summed E-state index contributed by atoms with van der Waals surface area (Å²) in [4.78, 5) is 28.7. The van der Waals surface area contributed by atoms with Crippen molar-refractivity contribution in [3.8, 4) is 0 Å². The maximum absolute atomic E-state index is 12.8. The molecular formula is C19H31BrN4O2. The number of halogens is 1. The number of carbonyl (C=O) groups excluding carboxylic acids is 2. The van der Waals surface area contributed by atoms with Crippen molar-refractivity contribution in [3.63, 3.8) is 0 Å². The fraction of sp³-hybridized carbons (Fsp3) is 0.895. The van der Waals surface area contributed by atoms with Crippen LogP contribution in [-0.2, 0) is 9.59 Å². The Bertz CT molecular complexity index is 544. The quantitative estimate of drug-likeness (QED) is 0.671. The minimum absolute atomic E-state index is 0.0345. The molecule has 0 spiro atoms. The highest BCUT2D eigenvalue weighted by Crippen LogP contribution is 2.44. The summed E-state index contributed by atoms with van der Waals surface area (Å²) in [5, 5.41) is 0. The summed E-state index contributed by atoms with van der Waals surface area (Å²) in [7, 11) is 0. The maximum atomic E-state index is 12.8. The van der Waals surface area contributed by atoms with Gasteiger partial charge in [0.15, 0.2) is 0 Å². The minimum atomic E-state index is -0.260. The predicted octanol–water partition coefficient (Wildman–Crippen LogP) is 1.50. The molecule has 0 aromatic carbocycles. The zero-order valence-corrected chi connectivity index (χ0v) is 17.0. The van der Waals surface area contributed by atoms with Crippen LogP contribution in [0.5, 0.6) is 0 Å². The second-order valence-electron chi connectivity index (χ2n) is 8.55. The van der Waals surface area contributed by atoms with E-state index in [0.717, 1.165) is 31.5 Å². The molecule has 2 aliphatic carbocycles. The van der Waals surface area contributed by atoms with Gasteiger partial charge in [0.1, 0.15) is 4.83 Å². The molecule has 4 rings (SSSR count). The normalized spacial score (nSPS) is 39.4. The van der Waals surface area contributed by atoms with E-state index in [1.807, 2.05) is 0 Å². The van der Waals surface area contributed by atoms with Gasteiger partial charge in [-0.2, -0.15) is 0 Å². The van der Waals surface area contributed by atoms with Crippen molar-refractivity contribution in [2.24, 2.45) is 17.8 Å². The zero-order valence-electron chi connectivity index (χ0n) is 15.5. The SMILES string of the molecule is O=C1NNCC(N2CCN(CC3CCCC4CCCCC43)C(=O)C2)C1Br. The smallest absolute Gasteiger partial charge is 0.249 e. The van der Waals surface area contributed by atoms with Crippen LogP contribution in [0.15, 0.2) is 0 Å². The number of hydrogen-bond donors (Lipinski definition) is 2. The summed E-state index contributed by atoms with van der Waals surface area (Å²) in [5.41, 5.74) is 5.58. The molecule has 2 heterocycles. The third kappa shape index (κ3) is 3.80. The molecule has 5 unspecified atom stereocenters.